The lowest BCUT2D eigenvalue weighted by molar-refractivity contribution is 0.00896. The highest BCUT2D eigenvalue weighted by Crippen LogP contribution is 2.27. The van der Waals surface area contributed by atoms with E-state index in [-0.39, 0.29) is 12.1 Å². The molecule has 1 saturated heterocycles. The van der Waals surface area contributed by atoms with E-state index >= 15 is 0 Å². The number of piperidine rings is 1. The Morgan fingerprint density at radius 1 is 1.40 bits per heavy atom. The van der Waals surface area contributed by atoms with Crippen LogP contribution >= 0.6 is 0 Å². The summed E-state index contributed by atoms with van der Waals surface area (Å²) in [4.78, 5) is 18.8. The normalized spacial score (nSPS) is 20.6. The molecule has 0 unspecified atom stereocenters. The van der Waals surface area contributed by atoms with Gasteiger partial charge in [-0.05, 0) is 43.9 Å². The molecule has 2 heterocycles. The fourth-order valence-corrected chi connectivity index (χ4v) is 3.14. The van der Waals surface area contributed by atoms with E-state index in [1.807, 2.05) is 36.9 Å². The first-order valence-electron chi connectivity index (χ1n) is 8.60. The summed E-state index contributed by atoms with van der Waals surface area (Å²) < 4.78 is 11.0. The summed E-state index contributed by atoms with van der Waals surface area (Å²) in [5.41, 5.74) is 3.49. The van der Waals surface area contributed by atoms with E-state index < -0.39 is 0 Å². The van der Waals surface area contributed by atoms with Crippen molar-refractivity contribution >= 4 is 11.7 Å². The predicted molar refractivity (Wildman–Crippen MR) is 96.6 cm³/mol. The van der Waals surface area contributed by atoms with Crippen molar-refractivity contribution < 1.29 is 13.9 Å². The number of likely N-dealkylation sites (tertiary alicyclic amines) is 1. The summed E-state index contributed by atoms with van der Waals surface area (Å²) in [6.07, 6.45) is 2.66. The number of hydrogen-bond acceptors (Lipinski definition) is 4. The molecule has 0 bridgehead atoms. The van der Waals surface area contributed by atoms with Crippen LogP contribution in [0.1, 0.15) is 24.6 Å². The van der Waals surface area contributed by atoms with E-state index in [0.717, 1.165) is 35.5 Å². The van der Waals surface area contributed by atoms with Gasteiger partial charge >= 0.3 is 6.03 Å². The maximum atomic E-state index is 12.6. The Balaban J connectivity index is 1.73. The van der Waals surface area contributed by atoms with Crippen LogP contribution in [-0.4, -0.2) is 42.2 Å². The van der Waals surface area contributed by atoms with Crippen molar-refractivity contribution in [1.29, 1.82) is 0 Å². The van der Waals surface area contributed by atoms with Gasteiger partial charge in [-0.25, -0.2) is 9.78 Å². The third-order valence-corrected chi connectivity index (χ3v) is 4.82. The smallest absolute Gasteiger partial charge is 0.321 e. The number of methoxy groups -OCH3 is 1. The Labute approximate surface area is 148 Å². The van der Waals surface area contributed by atoms with Crippen molar-refractivity contribution in [2.45, 2.75) is 33.3 Å². The summed E-state index contributed by atoms with van der Waals surface area (Å²) in [6, 6.07) is 5.65. The standard InChI is InChI=1S/C19H25N3O3/c1-12-5-6-15(9-16(12)18-20-14(3)11-25-18)21-19(23)22-8-7-13(2)17(10-22)24-4/h5-6,9,11,13,17H,7-8,10H2,1-4H3,(H,21,23)/t13-,17+/m0/s1. The van der Waals surface area contributed by atoms with Crippen LogP contribution < -0.4 is 5.32 Å². The lowest BCUT2D eigenvalue weighted by Crippen LogP contribution is -2.48. The van der Waals surface area contributed by atoms with Crippen molar-refractivity contribution in [2.75, 3.05) is 25.5 Å². The molecule has 1 aromatic carbocycles. The molecular weight excluding hydrogens is 318 g/mol. The predicted octanol–water partition coefficient (Wildman–Crippen LogP) is 3.85. The molecule has 2 amide bonds. The van der Waals surface area contributed by atoms with Crippen LogP contribution in [-0.2, 0) is 4.74 Å². The van der Waals surface area contributed by atoms with Crippen LogP contribution in [0.2, 0.25) is 0 Å². The number of aromatic nitrogens is 1. The lowest BCUT2D eigenvalue weighted by atomic mass is 9.96. The molecular formula is C19H25N3O3. The van der Waals surface area contributed by atoms with E-state index in [4.69, 9.17) is 9.15 Å². The first kappa shape index (κ1) is 17.5. The van der Waals surface area contributed by atoms with Crippen LogP contribution in [0.15, 0.2) is 28.9 Å². The number of aryl methyl sites for hydroxylation is 2. The highest BCUT2D eigenvalue weighted by molar-refractivity contribution is 5.90. The Bertz CT molecular complexity index is 756. The molecule has 0 radical (unpaired) electrons. The second kappa shape index (κ2) is 7.27. The number of benzene rings is 1. The number of ether oxygens (including phenoxy) is 1. The number of nitrogens with one attached hydrogen (secondary N) is 1. The minimum atomic E-state index is -0.104. The molecule has 2 aromatic rings. The molecule has 1 aliphatic heterocycles. The Morgan fingerprint density at radius 3 is 2.88 bits per heavy atom. The zero-order valence-corrected chi connectivity index (χ0v) is 15.2. The zero-order chi connectivity index (χ0) is 18.0. The Hall–Kier alpha value is -2.34. The number of nitrogens with zero attached hydrogens (tertiary/aromatic N) is 2. The Morgan fingerprint density at radius 2 is 2.20 bits per heavy atom. The van der Waals surface area contributed by atoms with Gasteiger partial charge in [0.2, 0.25) is 5.89 Å². The van der Waals surface area contributed by atoms with Gasteiger partial charge in [-0.3, -0.25) is 0 Å². The number of carbonyl (C=O) groups excluding carboxylic acids is 1. The fourth-order valence-electron chi connectivity index (χ4n) is 3.14. The number of urea groups is 1. The molecule has 0 aliphatic carbocycles. The van der Waals surface area contributed by atoms with E-state index in [1.54, 1.807) is 13.4 Å². The van der Waals surface area contributed by atoms with E-state index in [2.05, 4.69) is 17.2 Å². The van der Waals surface area contributed by atoms with Gasteiger partial charge in [0, 0.05) is 31.5 Å². The van der Waals surface area contributed by atoms with E-state index in [9.17, 15) is 4.79 Å². The van der Waals surface area contributed by atoms with Crippen molar-refractivity contribution in [2.24, 2.45) is 5.92 Å². The zero-order valence-electron chi connectivity index (χ0n) is 15.2. The molecule has 1 N–H and O–H groups in total. The molecule has 1 aromatic heterocycles. The van der Waals surface area contributed by atoms with Gasteiger partial charge in [0.25, 0.3) is 0 Å². The second-order valence-corrected chi connectivity index (χ2v) is 6.74. The molecule has 2 atom stereocenters. The van der Waals surface area contributed by atoms with Crippen molar-refractivity contribution in [3.05, 3.63) is 35.7 Å². The SMILES string of the molecule is CO[C@@H]1CN(C(=O)Nc2ccc(C)c(-c3nc(C)co3)c2)CC[C@@H]1C. The summed E-state index contributed by atoms with van der Waals surface area (Å²) in [7, 11) is 1.70. The van der Waals surface area contributed by atoms with Crippen LogP contribution in [0, 0.1) is 19.8 Å². The van der Waals surface area contributed by atoms with Gasteiger partial charge in [0.15, 0.2) is 0 Å². The fraction of sp³-hybridized carbons (Fsp3) is 0.474. The Kier molecular flexibility index (Phi) is 5.08. The van der Waals surface area contributed by atoms with Crippen molar-refractivity contribution in [3.63, 3.8) is 0 Å². The van der Waals surface area contributed by atoms with Gasteiger partial charge < -0.3 is 19.4 Å². The maximum absolute atomic E-state index is 12.6. The average molecular weight is 343 g/mol. The van der Waals surface area contributed by atoms with Gasteiger partial charge in [0.1, 0.15) is 6.26 Å². The number of hydrogen-bond donors (Lipinski definition) is 1. The quantitative estimate of drug-likeness (QED) is 0.919. The molecule has 6 heteroatoms. The van der Waals surface area contributed by atoms with Crippen molar-refractivity contribution in [3.8, 4) is 11.5 Å². The first-order chi connectivity index (χ1) is 12.0. The molecule has 3 rings (SSSR count). The molecule has 25 heavy (non-hydrogen) atoms. The second-order valence-electron chi connectivity index (χ2n) is 6.74. The number of rotatable bonds is 3. The van der Waals surface area contributed by atoms with Gasteiger partial charge in [-0.2, -0.15) is 0 Å². The van der Waals surface area contributed by atoms with Crippen LogP contribution in [0.5, 0.6) is 0 Å². The molecule has 134 valence electrons. The third-order valence-electron chi connectivity index (χ3n) is 4.82. The maximum Gasteiger partial charge on any atom is 0.321 e. The minimum Gasteiger partial charge on any atom is -0.444 e. The summed E-state index contributed by atoms with van der Waals surface area (Å²) in [5, 5.41) is 2.98. The van der Waals surface area contributed by atoms with Gasteiger partial charge in [-0.15, -0.1) is 0 Å². The molecule has 0 saturated carbocycles. The summed E-state index contributed by atoms with van der Waals surface area (Å²) in [6.45, 7) is 7.40. The number of amides is 2. The molecule has 1 fully saturated rings. The highest BCUT2D eigenvalue weighted by Gasteiger charge is 2.28. The average Bonchev–Trinajstić information content (AvgIpc) is 3.03. The lowest BCUT2D eigenvalue weighted by Gasteiger charge is -2.36. The van der Waals surface area contributed by atoms with Gasteiger partial charge in [-0.1, -0.05) is 13.0 Å². The van der Waals surface area contributed by atoms with E-state index in [1.165, 1.54) is 0 Å². The van der Waals surface area contributed by atoms with Crippen molar-refractivity contribution in [1.82, 2.24) is 9.88 Å². The highest BCUT2D eigenvalue weighted by atomic mass is 16.5. The first-order valence-corrected chi connectivity index (χ1v) is 8.60. The number of oxazole rings is 1. The largest absolute Gasteiger partial charge is 0.444 e. The van der Waals surface area contributed by atoms with Crippen LogP contribution in [0.25, 0.3) is 11.5 Å². The summed E-state index contributed by atoms with van der Waals surface area (Å²) >= 11 is 0. The number of carbonyl (C=O) groups is 1. The minimum absolute atomic E-state index is 0.0865. The number of anilines is 1. The molecule has 0 spiro atoms. The third kappa shape index (κ3) is 3.85. The summed E-state index contributed by atoms with van der Waals surface area (Å²) in [5.74, 6) is 1.03. The molecule has 6 nitrogen and oxygen atoms in total. The monoisotopic (exact) mass is 343 g/mol. The molecule has 1 aliphatic rings. The van der Waals surface area contributed by atoms with Crippen LogP contribution in [0.4, 0.5) is 10.5 Å². The van der Waals surface area contributed by atoms with E-state index in [0.29, 0.717) is 18.4 Å². The van der Waals surface area contributed by atoms with Gasteiger partial charge in [0.05, 0.1) is 11.8 Å². The topological polar surface area (TPSA) is 67.6 Å². The van der Waals surface area contributed by atoms with Crippen LogP contribution in [0.3, 0.4) is 0 Å².